The number of hydrogen-bond donors (Lipinski definition) is 0. The minimum absolute atomic E-state index is 0.0294. The molecule has 0 fully saturated rings. The van der Waals surface area contributed by atoms with Crippen molar-refractivity contribution in [3.63, 3.8) is 0 Å². The highest BCUT2D eigenvalue weighted by molar-refractivity contribution is 7.90. The van der Waals surface area contributed by atoms with Crippen molar-refractivity contribution in [2.75, 3.05) is 12.0 Å². The standard InChI is InChI=1S/C13H17FO3S/c1-9(10(2)15)12-5-4-11(13(14)8-12)6-7-18(3,16)17/h4-5,8-9H,6-7H2,1-3H3. The molecule has 1 rings (SSSR count). The van der Waals surface area contributed by atoms with E-state index >= 15 is 0 Å². The maximum Gasteiger partial charge on any atom is 0.147 e. The zero-order valence-electron chi connectivity index (χ0n) is 10.7. The molecule has 0 radical (unpaired) electrons. The third-order valence-corrected chi connectivity index (χ3v) is 3.87. The van der Waals surface area contributed by atoms with Crippen LogP contribution in [0.2, 0.25) is 0 Å². The van der Waals surface area contributed by atoms with Crippen molar-refractivity contribution in [3.05, 3.63) is 35.1 Å². The topological polar surface area (TPSA) is 51.2 Å². The van der Waals surface area contributed by atoms with Gasteiger partial charge < -0.3 is 0 Å². The molecule has 5 heteroatoms. The number of aryl methyl sites for hydroxylation is 1. The first-order valence-corrected chi connectivity index (χ1v) is 7.73. The quantitative estimate of drug-likeness (QED) is 0.825. The van der Waals surface area contributed by atoms with Gasteiger partial charge in [-0.25, -0.2) is 12.8 Å². The van der Waals surface area contributed by atoms with E-state index in [-0.39, 0.29) is 23.9 Å². The Morgan fingerprint density at radius 1 is 1.39 bits per heavy atom. The molecule has 0 aliphatic carbocycles. The normalized spacial score (nSPS) is 13.3. The molecule has 0 bridgehead atoms. The first kappa shape index (κ1) is 14.8. The van der Waals surface area contributed by atoms with E-state index in [0.717, 1.165) is 6.26 Å². The molecule has 1 aromatic carbocycles. The lowest BCUT2D eigenvalue weighted by atomic mass is 9.96. The van der Waals surface area contributed by atoms with Crippen molar-refractivity contribution in [2.45, 2.75) is 26.2 Å². The van der Waals surface area contributed by atoms with Crippen molar-refractivity contribution in [1.82, 2.24) is 0 Å². The Hall–Kier alpha value is -1.23. The van der Waals surface area contributed by atoms with Crippen LogP contribution in [0, 0.1) is 5.82 Å². The monoisotopic (exact) mass is 272 g/mol. The van der Waals surface area contributed by atoms with Crippen LogP contribution in [0.3, 0.4) is 0 Å². The summed E-state index contributed by atoms with van der Waals surface area (Å²) in [5.74, 6) is -0.906. The second kappa shape index (κ2) is 5.61. The smallest absolute Gasteiger partial charge is 0.147 e. The lowest BCUT2D eigenvalue weighted by Gasteiger charge is -2.10. The van der Waals surface area contributed by atoms with Gasteiger partial charge in [-0.1, -0.05) is 19.1 Å². The summed E-state index contributed by atoms with van der Waals surface area (Å²) >= 11 is 0. The molecule has 0 aromatic heterocycles. The summed E-state index contributed by atoms with van der Waals surface area (Å²) in [7, 11) is -3.10. The van der Waals surface area contributed by atoms with Gasteiger partial charge in [0.1, 0.15) is 21.4 Å². The minimum Gasteiger partial charge on any atom is -0.299 e. The molecule has 0 amide bonds. The van der Waals surface area contributed by atoms with Crippen LogP contribution in [0.1, 0.15) is 30.9 Å². The Morgan fingerprint density at radius 3 is 2.44 bits per heavy atom. The number of carbonyl (C=O) groups is 1. The lowest BCUT2D eigenvalue weighted by molar-refractivity contribution is -0.118. The Bertz CT molecular complexity index is 549. The van der Waals surface area contributed by atoms with Crippen LogP contribution in [0.4, 0.5) is 4.39 Å². The van der Waals surface area contributed by atoms with E-state index in [1.807, 2.05) is 0 Å². The van der Waals surface area contributed by atoms with E-state index in [1.165, 1.54) is 13.0 Å². The first-order valence-electron chi connectivity index (χ1n) is 5.67. The predicted molar refractivity (Wildman–Crippen MR) is 68.9 cm³/mol. The van der Waals surface area contributed by atoms with Gasteiger partial charge in [-0.05, 0) is 30.5 Å². The average Bonchev–Trinajstić information content (AvgIpc) is 2.25. The number of halogens is 1. The van der Waals surface area contributed by atoms with Crippen LogP contribution in [-0.2, 0) is 21.1 Å². The van der Waals surface area contributed by atoms with Crippen molar-refractivity contribution >= 4 is 15.6 Å². The van der Waals surface area contributed by atoms with Crippen molar-refractivity contribution < 1.29 is 17.6 Å². The summed E-state index contributed by atoms with van der Waals surface area (Å²) in [4.78, 5) is 11.2. The zero-order chi connectivity index (χ0) is 13.9. The number of carbonyl (C=O) groups excluding carboxylic acids is 1. The van der Waals surface area contributed by atoms with E-state index in [1.54, 1.807) is 19.1 Å². The van der Waals surface area contributed by atoms with E-state index in [9.17, 15) is 17.6 Å². The molecule has 0 saturated carbocycles. The zero-order valence-corrected chi connectivity index (χ0v) is 11.6. The summed E-state index contributed by atoms with van der Waals surface area (Å²) in [5.41, 5.74) is 0.975. The van der Waals surface area contributed by atoms with Crippen LogP contribution >= 0.6 is 0 Å². The van der Waals surface area contributed by atoms with Gasteiger partial charge in [0.15, 0.2) is 0 Å². The lowest BCUT2D eigenvalue weighted by Crippen LogP contribution is -2.08. The number of sulfone groups is 1. The second-order valence-electron chi connectivity index (χ2n) is 4.56. The van der Waals surface area contributed by atoms with Crippen LogP contribution in [-0.4, -0.2) is 26.2 Å². The second-order valence-corrected chi connectivity index (χ2v) is 6.82. The fraction of sp³-hybridized carbons (Fsp3) is 0.462. The number of benzene rings is 1. The van der Waals surface area contributed by atoms with Gasteiger partial charge in [0.2, 0.25) is 0 Å². The van der Waals surface area contributed by atoms with Crippen LogP contribution in [0.5, 0.6) is 0 Å². The van der Waals surface area contributed by atoms with Crippen LogP contribution in [0.25, 0.3) is 0 Å². The molecule has 1 unspecified atom stereocenters. The van der Waals surface area contributed by atoms with E-state index in [0.29, 0.717) is 11.1 Å². The van der Waals surface area contributed by atoms with E-state index in [2.05, 4.69) is 0 Å². The fourth-order valence-corrected chi connectivity index (χ4v) is 2.16. The summed E-state index contributed by atoms with van der Waals surface area (Å²) in [6.45, 7) is 3.17. The third kappa shape index (κ3) is 4.22. The van der Waals surface area contributed by atoms with Crippen molar-refractivity contribution in [2.24, 2.45) is 0 Å². The SMILES string of the molecule is CC(=O)C(C)c1ccc(CCS(C)(=O)=O)c(F)c1. The van der Waals surface area contributed by atoms with Crippen LogP contribution < -0.4 is 0 Å². The van der Waals surface area contributed by atoms with Crippen LogP contribution in [0.15, 0.2) is 18.2 Å². The van der Waals surface area contributed by atoms with Crippen molar-refractivity contribution in [1.29, 1.82) is 0 Å². The number of rotatable bonds is 5. The average molecular weight is 272 g/mol. The van der Waals surface area contributed by atoms with E-state index < -0.39 is 15.7 Å². The summed E-state index contributed by atoms with van der Waals surface area (Å²) in [5, 5.41) is 0. The van der Waals surface area contributed by atoms with Gasteiger partial charge in [0, 0.05) is 12.2 Å². The molecule has 1 atom stereocenters. The molecule has 0 saturated heterocycles. The maximum atomic E-state index is 13.7. The molecule has 3 nitrogen and oxygen atoms in total. The van der Waals surface area contributed by atoms with Gasteiger partial charge >= 0.3 is 0 Å². The minimum atomic E-state index is -3.10. The fourth-order valence-electron chi connectivity index (χ4n) is 1.57. The number of hydrogen-bond acceptors (Lipinski definition) is 3. The Labute approximate surface area is 107 Å². The Morgan fingerprint density at radius 2 is 2.00 bits per heavy atom. The molecular weight excluding hydrogens is 255 g/mol. The third-order valence-electron chi connectivity index (χ3n) is 2.93. The molecule has 0 heterocycles. The van der Waals surface area contributed by atoms with Gasteiger partial charge in [-0.3, -0.25) is 4.79 Å². The number of Topliss-reactive ketones (excluding diaryl/α,β-unsaturated/α-hetero) is 1. The molecule has 18 heavy (non-hydrogen) atoms. The summed E-state index contributed by atoms with van der Waals surface area (Å²) in [6.07, 6.45) is 1.27. The number of ketones is 1. The highest BCUT2D eigenvalue weighted by Crippen LogP contribution is 2.20. The summed E-state index contributed by atoms with van der Waals surface area (Å²) < 4.78 is 35.8. The van der Waals surface area contributed by atoms with Gasteiger partial charge in [-0.15, -0.1) is 0 Å². The van der Waals surface area contributed by atoms with Gasteiger partial charge in [0.25, 0.3) is 0 Å². The molecule has 0 aliphatic heterocycles. The summed E-state index contributed by atoms with van der Waals surface area (Å²) in [6, 6.07) is 4.53. The predicted octanol–water partition coefficient (Wildman–Crippen LogP) is 2.11. The molecule has 1 aromatic rings. The van der Waals surface area contributed by atoms with Gasteiger partial charge in [-0.2, -0.15) is 0 Å². The molecule has 0 N–H and O–H groups in total. The van der Waals surface area contributed by atoms with E-state index in [4.69, 9.17) is 0 Å². The Kier molecular flexibility index (Phi) is 4.62. The molecular formula is C13H17FO3S. The first-order chi connectivity index (χ1) is 8.20. The molecule has 0 aliphatic rings. The van der Waals surface area contributed by atoms with Crippen molar-refractivity contribution in [3.8, 4) is 0 Å². The largest absolute Gasteiger partial charge is 0.299 e. The Balaban J connectivity index is 2.90. The molecule has 0 spiro atoms. The maximum absolute atomic E-state index is 13.7. The highest BCUT2D eigenvalue weighted by Gasteiger charge is 2.13. The highest BCUT2D eigenvalue weighted by atomic mass is 32.2. The van der Waals surface area contributed by atoms with Gasteiger partial charge in [0.05, 0.1) is 5.75 Å². The molecule has 100 valence electrons.